The number of ether oxygens (including phenoxy) is 4. The van der Waals surface area contributed by atoms with Crippen LogP contribution in [0.15, 0.2) is 66.8 Å². The second-order valence-electron chi connectivity index (χ2n) is 17.9. The lowest BCUT2D eigenvalue weighted by Crippen LogP contribution is -2.56. The van der Waals surface area contributed by atoms with Crippen LogP contribution in [0.25, 0.3) is 4.91 Å². The van der Waals surface area contributed by atoms with E-state index in [2.05, 4.69) is 73.8 Å². The van der Waals surface area contributed by atoms with Crippen LogP contribution in [0.5, 0.6) is 0 Å². The molecule has 3 N–H and O–H groups in total. The van der Waals surface area contributed by atoms with E-state index in [9.17, 15) is 19.2 Å². The second kappa shape index (κ2) is 25.2. The fourth-order valence-corrected chi connectivity index (χ4v) is 7.97. The first kappa shape index (κ1) is 51.4. The van der Waals surface area contributed by atoms with Gasteiger partial charge in [0, 0.05) is 36.3 Å². The van der Waals surface area contributed by atoms with E-state index in [-0.39, 0.29) is 75.4 Å². The SMILES string of the molecule is C=CSC(=C(C)C)c1ccc(CNC(=C)[C@@H]2CCCN2C(=O)[C@@H](NC(=O)COCCOCCOCCOCC(=O)N[C@H](C(=O)N2CCC[C@H]2C=C)C(C)(C)C)C(C)(C)C)cc1. The van der Waals surface area contributed by atoms with E-state index in [1.54, 1.807) is 22.7 Å². The van der Waals surface area contributed by atoms with Crippen LogP contribution in [-0.2, 0) is 44.7 Å². The zero-order valence-electron chi connectivity index (χ0n) is 38.1. The van der Waals surface area contributed by atoms with Crippen LogP contribution in [0.1, 0.15) is 92.2 Å². The number of hydrogen-bond acceptors (Lipinski definition) is 10. The lowest BCUT2D eigenvalue weighted by Gasteiger charge is -2.36. The molecule has 14 heteroatoms. The molecule has 0 bridgehead atoms. The van der Waals surface area contributed by atoms with Crippen molar-refractivity contribution in [3.63, 3.8) is 0 Å². The maximum atomic E-state index is 14.0. The summed E-state index contributed by atoms with van der Waals surface area (Å²) in [6.07, 6.45) is 5.24. The molecule has 0 spiro atoms. The zero-order valence-corrected chi connectivity index (χ0v) is 38.9. The number of likely N-dealkylation sites (tertiary alicyclic amines) is 2. The minimum absolute atomic E-state index is 0.00845. The highest BCUT2D eigenvalue weighted by molar-refractivity contribution is 8.10. The Hall–Kier alpha value is -3.95. The van der Waals surface area contributed by atoms with Gasteiger partial charge in [-0.2, -0.15) is 0 Å². The van der Waals surface area contributed by atoms with Gasteiger partial charge in [-0.25, -0.2) is 0 Å². The Balaban J connectivity index is 1.31. The third kappa shape index (κ3) is 16.7. The number of nitrogens with zero attached hydrogens (tertiary/aromatic N) is 2. The van der Waals surface area contributed by atoms with Crippen molar-refractivity contribution in [1.29, 1.82) is 0 Å². The molecule has 0 saturated carbocycles. The number of allylic oxidation sites excluding steroid dienone is 1. The van der Waals surface area contributed by atoms with E-state index in [4.69, 9.17) is 18.9 Å². The van der Waals surface area contributed by atoms with Crippen molar-refractivity contribution >= 4 is 40.3 Å². The van der Waals surface area contributed by atoms with Crippen molar-refractivity contribution in [2.45, 2.75) is 112 Å². The molecule has 0 aromatic heterocycles. The van der Waals surface area contributed by atoms with Crippen LogP contribution in [0.2, 0.25) is 0 Å². The third-order valence-corrected chi connectivity index (χ3v) is 11.6. The Bertz CT molecular complexity index is 1660. The molecule has 3 rings (SSSR count). The predicted molar refractivity (Wildman–Crippen MR) is 244 cm³/mol. The minimum Gasteiger partial charge on any atom is -0.383 e. The van der Waals surface area contributed by atoms with E-state index in [1.165, 1.54) is 10.5 Å². The highest BCUT2D eigenvalue weighted by Crippen LogP contribution is 2.32. The van der Waals surface area contributed by atoms with Gasteiger partial charge in [-0.05, 0) is 66.9 Å². The Morgan fingerprint density at radius 1 is 0.754 bits per heavy atom. The fraction of sp³-hybridized carbons (Fsp3) is 0.617. The number of nitrogens with one attached hydrogen (secondary N) is 3. The van der Waals surface area contributed by atoms with Crippen molar-refractivity contribution in [3.8, 4) is 0 Å². The van der Waals surface area contributed by atoms with Gasteiger partial charge in [0.1, 0.15) is 25.3 Å². The molecule has 2 saturated heterocycles. The summed E-state index contributed by atoms with van der Waals surface area (Å²) in [7, 11) is 0. The maximum absolute atomic E-state index is 14.0. The van der Waals surface area contributed by atoms with Gasteiger partial charge in [-0.1, -0.05) is 102 Å². The second-order valence-corrected chi connectivity index (χ2v) is 18.9. The number of hydrogen-bond donors (Lipinski definition) is 3. The normalized spacial score (nSPS) is 17.6. The maximum Gasteiger partial charge on any atom is 0.246 e. The van der Waals surface area contributed by atoms with Crippen molar-refractivity contribution < 1.29 is 38.1 Å². The number of amides is 4. The molecule has 340 valence electrons. The molecule has 0 aliphatic carbocycles. The van der Waals surface area contributed by atoms with Crippen LogP contribution in [0, 0.1) is 10.8 Å². The fourth-order valence-electron chi connectivity index (χ4n) is 7.29. The van der Waals surface area contributed by atoms with E-state index < -0.39 is 22.9 Å². The first-order valence-corrected chi connectivity index (χ1v) is 22.4. The van der Waals surface area contributed by atoms with Gasteiger partial charge < -0.3 is 44.7 Å². The Labute approximate surface area is 369 Å². The first-order valence-electron chi connectivity index (χ1n) is 21.5. The Morgan fingerprint density at radius 2 is 1.23 bits per heavy atom. The summed E-state index contributed by atoms with van der Waals surface area (Å²) in [5.74, 6) is -0.974. The number of benzene rings is 1. The zero-order chi connectivity index (χ0) is 45.2. The molecule has 2 aliphatic heterocycles. The lowest BCUT2D eigenvalue weighted by atomic mass is 9.85. The lowest BCUT2D eigenvalue weighted by molar-refractivity contribution is -0.141. The average Bonchev–Trinajstić information content (AvgIpc) is 3.90. The van der Waals surface area contributed by atoms with Gasteiger partial charge in [0.05, 0.1) is 45.7 Å². The molecule has 2 fully saturated rings. The Kier molecular flexibility index (Phi) is 21.3. The molecular weight excluding hydrogens is 795 g/mol. The average molecular weight is 868 g/mol. The van der Waals surface area contributed by atoms with Crippen LogP contribution >= 0.6 is 11.8 Å². The Morgan fingerprint density at radius 3 is 1.70 bits per heavy atom. The van der Waals surface area contributed by atoms with E-state index >= 15 is 0 Å². The molecule has 2 aliphatic rings. The van der Waals surface area contributed by atoms with Crippen molar-refractivity contribution in [1.82, 2.24) is 25.8 Å². The summed E-state index contributed by atoms with van der Waals surface area (Å²) in [6, 6.07) is 6.82. The van der Waals surface area contributed by atoms with Gasteiger partial charge in [-0.3, -0.25) is 19.2 Å². The van der Waals surface area contributed by atoms with Gasteiger partial charge in [0.15, 0.2) is 0 Å². The first-order chi connectivity index (χ1) is 28.9. The third-order valence-electron chi connectivity index (χ3n) is 10.6. The number of carbonyl (C=O) groups is 4. The molecule has 2 heterocycles. The standard InChI is InChI=1S/C47H73N5O8S/c1-12-37-16-14-22-51(37)44(55)42(46(6,7)8)49-39(53)31-59-28-26-57-24-25-58-27-29-60-32-40(54)50-43(47(9,10)11)45(56)52-23-15-17-38(52)34(5)48-30-35-18-20-36(21-19-35)41(33(3)4)61-13-2/h12-13,18-21,37-38,42-43,48H,1-2,5,14-17,22-32H2,3-4,6-11H3,(H,49,53)(H,50,54)/t37-,38+,42-,43-/m1/s1. The summed E-state index contributed by atoms with van der Waals surface area (Å²) < 4.78 is 22.1. The molecule has 4 atom stereocenters. The molecule has 61 heavy (non-hydrogen) atoms. The molecule has 4 amide bonds. The number of thioether (sulfide) groups is 1. The van der Waals surface area contributed by atoms with Crippen LogP contribution in [0.4, 0.5) is 0 Å². The number of carbonyl (C=O) groups excluding carboxylic acids is 4. The van der Waals surface area contributed by atoms with Crippen LogP contribution in [-0.4, -0.2) is 124 Å². The molecule has 0 unspecified atom stereocenters. The van der Waals surface area contributed by atoms with Crippen LogP contribution < -0.4 is 16.0 Å². The van der Waals surface area contributed by atoms with Crippen LogP contribution in [0.3, 0.4) is 0 Å². The van der Waals surface area contributed by atoms with Crippen molar-refractivity contribution in [2.75, 3.05) is 65.9 Å². The van der Waals surface area contributed by atoms with Crippen molar-refractivity contribution in [3.05, 3.63) is 77.9 Å². The van der Waals surface area contributed by atoms with Crippen molar-refractivity contribution in [2.24, 2.45) is 10.8 Å². The highest BCUT2D eigenvalue weighted by atomic mass is 32.2. The number of rotatable bonds is 25. The molecule has 1 aromatic rings. The van der Waals surface area contributed by atoms with Gasteiger partial charge in [0.25, 0.3) is 0 Å². The molecule has 1 aromatic carbocycles. The molecule has 0 radical (unpaired) electrons. The summed E-state index contributed by atoms with van der Waals surface area (Å²) in [5, 5.41) is 11.1. The quantitative estimate of drug-likeness (QED) is 0.0766. The minimum atomic E-state index is -0.746. The highest BCUT2D eigenvalue weighted by Gasteiger charge is 2.41. The smallest absolute Gasteiger partial charge is 0.246 e. The van der Waals surface area contributed by atoms with Gasteiger partial charge in [-0.15, -0.1) is 6.58 Å². The summed E-state index contributed by atoms with van der Waals surface area (Å²) in [6.45, 7) is 30.8. The molecule has 13 nitrogen and oxygen atoms in total. The van der Waals surface area contributed by atoms with E-state index in [0.717, 1.165) is 42.5 Å². The van der Waals surface area contributed by atoms with Gasteiger partial charge in [0.2, 0.25) is 23.6 Å². The molecular formula is C47H73N5O8S. The largest absolute Gasteiger partial charge is 0.383 e. The summed E-state index contributed by atoms with van der Waals surface area (Å²) in [5.41, 5.74) is 3.27. The predicted octanol–water partition coefficient (Wildman–Crippen LogP) is 6.21. The van der Waals surface area contributed by atoms with E-state index in [0.29, 0.717) is 32.8 Å². The van der Waals surface area contributed by atoms with Gasteiger partial charge >= 0.3 is 0 Å². The monoisotopic (exact) mass is 868 g/mol. The topological polar surface area (TPSA) is 148 Å². The summed E-state index contributed by atoms with van der Waals surface area (Å²) >= 11 is 1.62. The summed E-state index contributed by atoms with van der Waals surface area (Å²) in [4.78, 5) is 57.7. The van der Waals surface area contributed by atoms with E-state index in [1.807, 2.05) is 51.9 Å².